The molecule has 0 saturated heterocycles. The second kappa shape index (κ2) is 3.52. The minimum absolute atomic E-state index is 0.142. The Balaban J connectivity index is 2.37. The maximum absolute atomic E-state index is 9.72. The number of rotatable bonds is 1. The molecule has 17 heavy (non-hydrogen) atoms. The molecule has 0 aliphatic rings. The van der Waals surface area contributed by atoms with Crippen LogP contribution >= 0.6 is 0 Å². The van der Waals surface area contributed by atoms with E-state index >= 15 is 0 Å². The summed E-state index contributed by atoms with van der Waals surface area (Å²) in [6, 6.07) is 15.0. The lowest BCUT2D eigenvalue weighted by molar-refractivity contribution is 0.480. The second-order valence-electron chi connectivity index (χ2n) is 3.79. The van der Waals surface area contributed by atoms with E-state index in [0.29, 0.717) is 11.5 Å². The van der Waals surface area contributed by atoms with Crippen molar-refractivity contribution in [3.63, 3.8) is 0 Å². The van der Waals surface area contributed by atoms with Crippen LogP contribution in [0.25, 0.3) is 16.7 Å². The Labute approximate surface area is 97.9 Å². The molecule has 1 heterocycles. The molecule has 0 radical (unpaired) electrons. The number of hydrogen-bond donors (Lipinski definition) is 2. The summed E-state index contributed by atoms with van der Waals surface area (Å²) in [4.78, 5) is 4.18. The normalized spacial score (nSPS) is 10.8. The van der Waals surface area contributed by atoms with Crippen molar-refractivity contribution in [1.29, 1.82) is 0 Å². The first-order valence-electron chi connectivity index (χ1n) is 5.29. The van der Waals surface area contributed by atoms with Gasteiger partial charge in [-0.15, -0.1) is 0 Å². The van der Waals surface area contributed by atoms with Crippen LogP contribution in [0.5, 0.6) is 5.75 Å². The largest absolute Gasteiger partial charge is 0.506 e. The summed E-state index contributed by atoms with van der Waals surface area (Å²) < 4.78 is 1.81. The lowest BCUT2D eigenvalue weighted by atomic mass is 10.2. The summed E-state index contributed by atoms with van der Waals surface area (Å²) >= 11 is 0. The summed E-state index contributed by atoms with van der Waals surface area (Å²) in [6.45, 7) is 0. The molecule has 3 aromatic rings. The molecule has 0 amide bonds. The van der Waals surface area contributed by atoms with Crippen molar-refractivity contribution in [3.8, 4) is 11.4 Å². The van der Waals surface area contributed by atoms with Gasteiger partial charge < -0.3 is 10.8 Å². The zero-order valence-corrected chi connectivity index (χ0v) is 9.04. The van der Waals surface area contributed by atoms with Crippen LogP contribution in [-0.2, 0) is 0 Å². The number of aromatic nitrogens is 2. The highest BCUT2D eigenvalue weighted by Gasteiger charge is 2.11. The molecule has 0 bridgehead atoms. The Hall–Kier alpha value is -2.49. The Morgan fingerprint density at radius 2 is 1.76 bits per heavy atom. The maximum atomic E-state index is 9.72. The number of anilines is 1. The van der Waals surface area contributed by atoms with Crippen molar-refractivity contribution in [2.24, 2.45) is 0 Å². The van der Waals surface area contributed by atoms with Crippen LogP contribution in [0.1, 0.15) is 0 Å². The minimum Gasteiger partial charge on any atom is -0.506 e. The quantitative estimate of drug-likeness (QED) is 0.668. The van der Waals surface area contributed by atoms with Gasteiger partial charge in [0.15, 0.2) is 0 Å². The molecule has 2 aromatic carbocycles. The highest BCUT2D eigenvalue weighted by Crippen LogP contribution is 2.28. The van der Waals surface area contributed by atoms with Gasteiger partial charge in [-0.3, -0.25) is 4.57 Å². The van der Waals surface area contributed by atoms with E-state index in [0.717, 1.165) is 11.2 Å². The number of fused-ring (bicyclic) bond motifs is 1. The van der Waals surface area contributed by atoms with E-state index in [1.165, 1.54) is 0 Å². The summed E-state index contributed by atoms with van der Waals surface area (Å²) in [5.74, 6) is 0.511. The lowest BCUT2D eigenvalue weighted by Gasteiger charge is -2.05. The topological polar surface area (TPSA) is 64.1 Å². The third-order valence-electron chi connectivity index (χ3n) is 2.70. The van der Waals surface area contributed by atoms with E-state index < -0.39 is 0 Å². The SMILES string of the molecule is Nc1nc2c(O)cccc2n1-c1ccccc1. The third kappa shape index (κ3) is 1.42. The molecule has 4 heteroatoms. The number of benzene rings is 2. The van der Waals surface area contributed by atoms with E-state index in [-0.39, 0.29) is 5.75 Å². The van der Waals surface area contributed by atoms with Crippen molar-refractivity contribution in [1.82, 2.24) is 9.55 Å². The molecule has 0 spiro atoms. The highest BCUT2D eigenvalue weighted by molar-refractivity contribution is 5.85. The molecule has 3 rings (SSSR count). The Morgan fingerprint density at radius 3 is 2.53 bits per heavy atom. The summed E-state index contributed by atoms with van der Waals surface area (Å²) in [7, 11) is 0. The standard InChI is InChI=1S/C13H11N3O/c14-13-15-12-10(7-4-8-11(12)17)16(13)9-5-2-1-3-6-9/h1-8,17H,(H2,14,15). The third-order valence-corrected chi connectivity index (χ3v) is 2.70. The Morgan fingerprint density at radius 1 is 1.00 bits per heavy atom. The highest BCUT2D eigenvalue weighted by atomic mass is 16.3. The van der Waals surface area contributed by atoms with Gasteiger partial charge in [0.05, 0.1) is 5.52 Å². The zero-order chi connectivity index (χ0) is 11.8. The van der Waals surface area contributed by atoms with Crippen molar-refractivity contribution in [3.05, 3.63) is 48.5 Å². The van der Waals surface area contributed by atoms with E-state index in [4.69, 9.17) is 5.73 Å². The summed E-state index contributed by atoms with van der Waals surface area (Å²) in [5, 5.41) is 9.72. The van der Waals surface area contributed by atoms with Crippen LogP contribution in [0.2, 0.25) is 0 Å². The number of nitrogen functional groups attached to an aromatic ring is 1. The van der Waals surface area contributed by atoms with Crippen LogP contribution in [0, 0.1) is 0 Å². The van der Waals surface area contributed by atoms with Crippen LogP contribution in [-0.4, -0.2) is 14.7 Å². The van der Waals surface area contributed by atoms with E-state index in [9.17, 15) is 5.11 Å². The number of phenolic OH excluding ortho intramolecular Hbond substituents is 1. The Bertz CT molecular complexity index is 674. The number of nitrogens with zero attached hydrogens (tertiary/aromatic N) is 2. The minimum atomic E-state index is 0.142. The second-order valence-corrected chi connectivity index (χ2v) is 3.79. The summed E-state index contributed by atoms with van der Waals surface area (Å²) in [6.07, 6.45) is 0. The number of hydrogen-bond acceptors (Lipinski definition) is 3. The van der Waals surface area contributed by atoms with E-state index in [1.54, 1.807) is 12.1 Å². The molecule has 1 aromatic heterocycles. The molecule has 0 aliphatic heterocycles. The molecule has 0 fully saturated rings. The van der Waals surface area contributed by atoms with Crippen LogP contribution < -0.4 is 5.73 Å². The first-order chi connectivity index (χ1) is 8.27. The van der Waals surface area contributed by atoms with Gasteiger partial charge in [-0.25, -0.2) is 4.98 Å². The molecule has 4 nitrogen and oxygen atoms in total. The average molecular weight is 225 g/mol. The number of phenols is 1. The summed E-state index contributed by atoms with van der Waals surface area (Å²) in [5.41, 5.74) is 8.15. The predicted molar refractivity (Wildman–Crippen MR) is 67.1 cm³/mol. The van der Waals surface area contributed by atoms with Crippen LogP contribution in [0.4, 0.5) is 5.95 Å². The van der Waals surface area contributed by atoms with Gasteiger partial charge in [0.25, 0.3) is 0 Å². The van der Waals surface area contributed by atoms with Crippen LogP contribution in [0.15, 0.2) is 48.5 Å². The molecular weight excluding hydrogens is 214 g/mol. The molecule has 0 unspecified atom stereocenters. The number of para-hydroxylation sites is 2. The van der Waals surface area contributed by atoms with E-state index in [2.05, 4.69) is 4.98 Å². The van der Waals surface area contributed by atoms with Gasteiger partial charge in [0.2, 0.25) is 5.95 Å². The maximum Gasteiger partial charge on any atom is 0.206 e. The fraction of sp³-hybridized carbons (Fsp3) is 0. The van der Waals surface area contributed by atoms with E-state index in [1.807, 2.05) is 41.0 Å². The number of nitrogens with two attached hydrogens (primary N) is 1. The molecular formula is C13H11N3O. The van der Waals surface area contributed by atoms with Crippen LogP contribution in [0.3, 0.4) is 0 Å². The Kier molecular flexibility index (Phi) is 2.01. The zero-order valence-electron chi connectivity index (χ0n) is 9.04. The fourth-order valence-electron chi connectivity index (χ4n) is 1.95. The smallest absolute Gasteiger partial charge is 0.206 e. The predicted octanol–water partition coefficient (Wildman–Crippen LogP) is 2.31. The molecule has 0 saturated carbocycles. The number of imidazole rings is 1. The lowest BCUT2D eigenvalue weighted by Crippen LogP contribution is -1.99. The van der Waals surface area contributed by atoms with Crippen molar-refractivity contribution in [2.45, 2.75) is 0 Å². The molecule has 3 N–H and O–H groups in total. The van der Waals surface area contributed by atoms with Gasteiger partial charge in [-0.2, -0.15) is 0 Å². The average Bonchev–Trinajstić information content (AvgIpc) is 2.68. The van der Waals surface area contributed by atoms with Crippen molar-refractivity contribution >= 4 is 17.0 Å². The van der Waals surface area contributed by atoms with Crippen molar-refractivity contribution in [2.75, 3.05) is 5.73 Å². The first-order valence-corrected chi connectivity index (χ1v) is 5.29. The molecule has 84 valence electrons. The van der Waals surface area contributed by atoms with Gasteiger partial charge in [-0.1, -0.05) is 24.3 Å². The fourth-order valence-corrected chi connectivity index (χ4v) is 1.95. The monoisotopic (exact) mass is 225 g/mol. The number of aromatic hydroxyl groups is 1. The first kappa shape index (κ1) is 9.72. The van der Waals surface area contributed by atoms with Gasteiger partial charge in [-0.05, 0) is 24.3 Å². The van der Waals surface area contributed by atoms with Gasteiger partial charge >= 0.3 is 0 Å². The van der Waals surface area contributed by atoms with Gasteiger partial charge in [0, 0.05) is 5.69 Å². The molecule has 0 atom stereocenters. The van der Waals surface area contributed by atoms with Gasteiger partial charge in [0.1, 0.15) is 11.3 Å². The molecule has 0 aliphatic carbocycles. The van der Waals surface area contributed by atoms with Crippen molar-refractivity contribution < 1.29 is 5.11 Å².